The van der Waals surface area contributed by atoms with Crippen LogP contribution >= 0.6 is 33.2 Å². The molecule has 2 aliphatic rings. The minimum Gasteiger partial charge on any atom is -0.497 e. The van der Waals surface area contributed by atoms with Gasteiger partial charge in [0.2, 0.25) is 0 Å². The molecule has 0 aromatic heterocycles. The molecule has 2 aromatic rings. The minimum atomic E-state index is -0.793. The smallest absolute Gasteiger partial charge is 0.413 e. The molecule has 1 fully saturated rings. The lowest BCUT2D eigenvalue weighted by Crippen LogP contribution is -2.46. The molecule has 156 valence electrons. The maximum absolute atomic E-state index is 13.3. The highest BCUT2D eigenvalue weighted by Crippen LogP contribution is 2.50. The van der Waals surface area contributed by atoms with Crippen LogP contribution in [0.5, 0.6) is 17.2 Å². The van der Waals surface area contributed by atoms with E-state index in [2.05, 4.69) is 5.32 Å². The molecule has 4 rings (SSSR count). The van der Waals surface area contributed by atoms with Crippen molar-refractivity contribution >= 4 is 50.9 Å². The van der Waals surface area contributed by atoms with Crippen molar-refractivity contribution in [2.75, 3.05) is 19.1 Å². The van der Waals surface area contributed by atoms with E-state index in [1.54, 1.807) is 54.5 Å². The molecule has 7 nitrogen and oxygen atoms in total. The number of nitrogens with zero attached hydrogens (tertiary/aromatic N) is 1. The van der Waals surface area contributed by atoms with Crippen LogP contribution in [0.2, 0.25) is 5.02 Å². The SMILES string of the molecule is COc1ccc(N2C(=O)C(NC(=O)Oc3ccccc3Cl)C3SSC=C32)c(OC)c1. The number of methoxy groups -OCH3 is 2. The molecule has 0 saturated carbocycles. The van der Waals surface area contributed by atoms with Gasteiger partial charge in [0.1, 0.15) is 17.5 Å². The van der Waals surface area contributed by atoms with Gasteiger partial charge >= 0.3 is 6.09 Å². The van der Waals surface area contributed by atoms with Crippen LogP contribution in [0, 0.1) is 0 Å². The van der Waals surface area contributed by atoms with Crippen LogP contribution in [0.3, 0.4) is 0 Å². The molecular weight excluding hydrogens is 448 g/mol. The van der Waals surface area contributed by atoms with Gasteiger partial charge in [0.15, 0.2) is 5.75 Å². The average molecular weight is 465 g/mol. The second-order valence-corrected chi connectivity index (χ2v) is 9.00. The van der Waals surface area contributed by atoms with E-state index >= 15 is 0 Å². The van der Waals surface area contributed by atoms with Crippen molar-refractivity contribution in [1.29, 1.82) is 0 Å². The number of benzene rings is 2. The number of ether oxygens (including phenoxy) is 3. The van der Waals surface area contributed by atoms with Crippen molar-refractivity contribution in [3.8, 4) is 17.2 Å². The summed E-state index contributed by atoms with van der Waals surface area (Å²) in [6.45, 7) is 0. The fourth-order valence-corrected chi connectivity index (χ4v) is 6.01. The summed E-state index contributed by atoms with van der Waals surface area (Å²) in [7, 11) is 6.09. The lowest BCUT2D eigenvalue weighted by molar-refractivity contribution is -0.118. The zero-order valence-electron chi connectivity index (χ0n) is 16.0. The fourth-order valence-electron chi connectivity index (χ4n) is 3.20. The van der Waals surface area contributed by atoms with Crippen LogP contribution in [0.4, 0.5) is 10.5 Å². The molecule has 2 amide bonds. The maximum atomic E-state index is 13.3. The molecule has 0 bridgehead atoms. The summed E-state index contributed by atoms with van der Waals surface area (Å²) in [5, 5.41) is 4.64. The van der Waals surface area contributed by atoms with Crippen molar-refractivity contribution in [2.24, 2.45) is 0 Å². The number of amides is 2. The predicted octanol–water partition coefficient (Wildman–Crippen LogP) is 4.47. The molecule has 2 aromatic carbocycles. The van der Waals surface area contributed by atoms with Gasteiger partial charge in [-0.1, -0.05) is 45.3 Å². The molecule has 0 aliphatic carbocycles. The van der Waals surface area contributed by atoms with E-state index in [1.165, 1.54) is 28.7 Å². The average Bonchev–Trinajstić information content (AvgIpc) is 3.31. The largest absolute Gasteiger partial charge is 0.497 e. The van der Waals surface area contributed by atoms with E-state index in [0.717, 1.165) is 5.70 Å². The molecule has 2 atom stereocenters. The van der Waals surface area contributed by atoms with Crippen molar-refractivity contribution in [3.63, 3.8) is 0 Å². The van der Waals surface area contributed by atoms with Gasteiger partial charge in [-0.2, -0.15) is 0 Å². The molecule has 2 unspecified atom stereocenters. The van der Waals surface area contributed by atoms with Crippen molar-refractivity contribution < 1.29 is 23.8 Å². The van der Waals surface area contributed by atoms with Gasteiger partial charge < -0.3 is 19.5 Å². The van der Waals surface area contributed by atoms with Gasteiger partial charge in [0.25, 0.3) is 5.91 Å². The summed E-state index contributed by atoms with van der Waals surface area (Å²) in [5.74, 6) is 1.04. The Bertz CT molecular complexity index is 1030. The third-order valence-corrected chi connectivity index (χ3v) is 7.33. The molecule has 1 saturated heterocycles. The van der Waals surface area contributed by atoms with Crippen LogP contribution in [0.15, 0.2) is 53.6 Å². The predicted molar refractivity (Wildman–Crippen MR) is 118 cm³/mol. The molecule has 0 radical (unpaired) electrons. The van der Waals surface area contributed by atoms with Gasteiger partial charge in [-0.25, -0.2) is 4.79 Å². The standard InChI is InChI=1S/C20H17ClN2O5S2/c1-26-11-7-8-13(16(9-11)27-2)23-14-10-29-30-18(14)17(19(23)24)22-20(25)28-15-6-4-3-5-12(15)21/h3-10,17-18H,1-2H3,(H,22,25). The number of hydrogen-bond donors (Lipinski definition) is 1. The Labute approximate surface area is 186 Å². The van der Waals surface area contributed by atoms with E-state index in [9.17, 15) is 9.59 Å². The first-order valence-corrected chi connectivity index (χ1v) is 11.5. The van der Waals surface area contributed by atoms with Crippen LogP contribution in [0.1, 0.15) is 0 Å². The summed E-state index contributed by atoms with van der Waals surface area (Å²) >= 11 is 6.04. The topological polar surface area (TPSA) is 77.1 Å². The number of halogens is 1. The molecule has 1 N–H and O–H groups in total. The Kier molecular flexibility index (Phi) is 6.03. The highest BCUT2D eigenvalue weighted by molar-refractivity contribution is 8.78. The number of nitrogens with one attached hydrogen (secondary N) is 1. The summed E-state index contributed by atoms with van der Waals surface area (Å²) in [4.78, 5) is 27.3. The highest BCUT2D eigenvalue weighted by Gasteiger charge is 2.49. The Morgan fingerprint density at radius 2 is 1.93 bits per heavy atom. The number of carbonyl (C=O) groups excluding carboxylic acids is 2. The fraction of sp³-hybridized carbons (Fsp3) is 0.200. The minimum absolute atomic E-state index is 0.222. The molecule has 30 heavy (non-hydrogen) atoms. The van der Waals surface area contributed by atoms with Gasteiger partial charge in [-0.15, -0.1) is 0 Å². The van der Waals surface area contributed by atoms with Crippen molar-refractivity contribution in [3.05, 3.63) is 58.6 Å². The number of fused-ring (bicyclic) bond motifs is 1. The lowest BCUT2D eigenvalue weighted by atomic mass is 10.2. The van der Waals surface area contributed by atoms with Gasteiger partial charge in [0, 0.05) is 17.2 Å². The van der Waals surface area contributed by atoms with Crippen LogP contribution < -0.4 is 24.4 Å². The molecule has 2 aliphatic heterocycles. The van der Waals surface area contributed by atoms with E-state index in [1.807, 2.05) is 5.41 Å². The Morgan fingerprint density at radius 3 is 2.67 bits per heavy atom. The van der Waals surface area contributed by atoms with Gasteiger partial charge in [-0.05, 0) is 24.3 Å². The first kappa shape index (κ1) is 20.8. The summed E-state index contributed by atoms with van der Waals surface area (Å²) in [5.41, 5.74) is 1.35. The third-order valence-electron chi connectivity index (χ3n) is 4.61. The maximum Gasteiger partial charge on any atom is 0.413 e. The quantitative estimate of drug-likeness (QED) is 0.654. The number of anilines is 1. The van der Waals surface area contributed by atoms with Gasteiger partial charge in [-0.3, -0.25) is 9.69 Å². The summed E-state index contributed by atoms with van der Waals surface area (Å²) in [6, 6.07) is 11.1. The monoisotopic (exact) mass is 464 g/mol. The zero-order chi connectivity index (χ0) is 21.3. The van der Waals surface area contributed by atoms with E-state index in [-0.39, 0.29) is 16.9 Å². The van der Waals surface area contributed by atoms with E-state index in [4.69, 9.17) is 25.8 Å². The molecule has 10 heteroatoms. The number of para-hydroxylation sites is 1. The Hall–Kier alpha value is -2.49. The number of carbonyl (C=O) groups is 2. The zero-order valence-corrected chi connectivity index (χ0v) is 18.3. The molecular formula is C20H17ClN2O5S2. The first-order chi connectivity index (χ1) is 14.5. The normalized spacial score (nSPS) is 19.9. The van der Waals surface area contributed by atoms with Crippen LogP contribution in [-0.4, -0.2) is 37.5 Å². The molecule has 2 heterocycles. The third kappa shape index (κ3) is 3.80. The van der Waals surface area contributed by atoms with Gasteiger partial charge in [0.05, 0.1) is 30.2 Å². The molecule has 0 spiro atoms. The Balaban J connectivity index is 1.59. The number of hydrogen-bond acceptors (Lipinski definition) is 7. The first-order valence-electron chi connectivity index (χ1n) is 8.84. The van der Waals surface area contributed by atoms with Crippen molar-refractivity contribution in [1.82, 2.24) is 5.32 Å². The Morgan fingerprint density at radius 1 is 1.13 bits per heavy atom. The second-order valence-electron chi connectivity index (χ2n) is 6.31. The van der Waals surface area contributed by atoms with E-state index < -0.39 is 12.1 Å². The number of rotatable bonds is 5. The second kappa shape index (κ2) is 8.71. The van der Waals surface area contributed by atoms with Crippen molar-refractivity contribution in [2.45, 2.75) is 11.3 Å². The van der Waals surface area contributed by atoms with Crippen LogP contribution in [-0.2, 0) is 4.79 Å². The highest BCUT2D eigenvalue weighted by atomic mass is 35.5. The van der Waals surface area contributed by atoms with Crippen LogP contribution in [0.25, 0.3) is 0 Å². The summed E-state index contributed by atoms with van der Waals surface area (Å²) in [6.07, 6.45) is -0.748. The lowest BCUT2D eigenvalue weighted by Gasteiger charge is -2.21. The summed E-state index contributed by atoms with van der Waals surface area (Å²) < 4.78 is 16.0. The van der Waals surface area contributed by atoms with E-state index in [0.29, 0.717) is 22.2 Å².